The number of rotatable bonds is 5. The molecule has 1 N–H and O–H groups in total. The summed E-state index contributed by atoms with van der Waals surface area (Å²) in [7, 11) is 1.55. The van der Waals surface area contributed by atoms with Crippen LogP contribution in [-0.4, -0.2) is 19.6 Å². The molecule has 1 aromatic carbocycles. The number of nitrogens with zero attached hydrogens (tertiary/aromatic N) is 1. The zero-order valence-electron chi connectivity index (χ0n) is 11.8. The number of fused-ring (bicyclic) bond motifs is 1. The highest BCUT2D eigenvalue weighted by atomic mass is 16.5. The Morgan fingerprint density at radius 3 is 2.90 bits per heavy atom. The van der Waals surface area contributed by atoms with Gasteiger partial charge in [-0.15, -0.1) is 4.73 Å². The third-order valence-electron chi connectivity index (χ3n) is 3.00. The molecule has 0 fully saturated rings. The van der Waals surface area contributed by atoms with E-state index in [4.69, 9.17) is 9.15 Å². The molecule has 0 bridgehead atoms. The lowest BCUT2D eigenvalue weighted by Gasteiger charge is -2.05. The number of amides is 1. The first-order valence-electron chi connectivity index (χ1n) is 6.49. The van der Waals surface area contributed by atoms with E-state index in [2.05, 4.69) is 5.32 Å². The lowest BCUT2D eigenvalue weighted by molar-refractivity contribution is -0.592. The quantitative estimate of drug-likeness (QED) is 0.662. The van der Waals surface area contributed by atoms with Gasteiger partial charge in [-0.25, -0.2) is 0 Å². The molecule has 1 heterocycles. The van der Waals surface area contributed by atoms with Crippen LogP contribution in [-0.2, 0) is 11.2 Å². The van der Waals surface area contributed by atoms with E-state index >= 15 is 0 Å². The van der Waals surface area contributed by atoms with Crippen molar-refractivity contribution in [3.05, 3.63) is 29.3 Å². The smallest absolute Gasteiger partial charge is 0.361 e. The van der Waals surface area contributed by atoms with Crippen LogP contribution in [0.5, 0.6) is 5.75 Å². The van der Waals surface area contributed by atoms with Crippen molar-refractivity contribution in [1.82, 2.24) is 5.32 Å². The maximum atomic E-state index is 12.0. The highest BCUT2D eigenvalue weighted by Crippen LogP contribution is 2.20. The van der Waals surface area contributed by atoms with E-state index in [0.717, 1.165) is 4.73 Å². The van der Waals surface area contributed by atoms with Gasteiger partial charge in [0, 0.05) is 24.6 Å². The van der Waals surface area contributed by atoms with Crippen LogP contribution in [0.15, 0.2) is 22.6 Å². The fourth-order valence-electron chi connectivity index (χ4n) is 1.82. The van der Waals surface area contributed by atoms with Crippen LogP contribution in [0.25, 0.3) is 11.1 Å². The standard InChI is InChI=1S/C14H18N2O4/c1-9(2)14(17)15-7-6-13-16(18)11-5-4-10(19-3)8-12(11)20-13/h4-5,8-9H,6-7H2,1-3H3,(H,15,17). The van der Waals surface area contributed by atoms with Crippen molar-refractivity contribution >= 4 is 17.0 Å². The van der Waals surface area contributed by atoms with Gasteiger partial charge in [-0.1, -0.05) is 13.8 Å². The summed E-state index contributed by atoms with van der Waals surface area (Å²) in [6.07, 6.45) is 0.346. The van der Waals surface area contributed by atoms with Crippen LogP contribution < -0.4 is 14.8 Å². The molecule has 0 aliphatic carbocycles. The summed E-state index contributed by atoms with van der Waals surface area (Å²) >= 11 is 0. The topological polar surface area (TPSA) is 78.4 Å². The van der Waals surface area contributed by atoms with Gasteiger partial charge < -0.3 is 19.7 Å². The van der Waals surface area contributed by atoms with Crippen LogP contribution in [0.4, 0.5) is 0 Å². The molecule has 20 heavy (non-hydrogen) atoms. The van der Waals surface area contributed by atoms with Crippen molar-refractivity contribution in [1.29, 1.82) is 0 Å². The molecule has 0 atom stereocenters. The fourth-order valence-corrected chi connectivity index (χ4v) is 1.82. The Morgan fingerprint density at radius 2 is 2.25 bits per heavy atom. The minimum absolute atomic E-state index is 0.0415. The van der Waals surface area contributed by atoms with Gasteiger partial charge >= 0.3 is 5.89 Å². The Bertz CT molecular complexity index is 619. The molecule has 0 saturated heterocycles. The Balaban J connectivity index is 2.10. The van der Waals surface area contributed by atoms with Crippen LogP contribution in [0, 0.1) is 11.1 Å². The number of hydrogen-bond acceptors (Lipinski definition) is 4. The van der Waals surface area contributed by atoms with E-state index in [0.29, 0.717) is 29.8 Å². The average Bonchev–Trinajstić information content (AvgIpc) is 2.74. The second-order valence-corrected chi connectivity index (χ2v) is 4.82. The van der Waals surface area contributed by atoms with E-state index in [1.165, 1.54) is 0 Å². The summed E-state index contributed by atoms with van der Waals surface area (Å²) in [5, 5.41) is 14.8. The van der Waals surface area contributed by atoms with Crippen LogP contribution in [0.1, 0.15) is 19.7 Å². The largest absolute Gasteiger partial charge is 0.616 e. The maximum Gasteiger partial charge on any atom is 0.361 e. The SMILES string of the molecule is COc1ccc2c(c1)oc(CCNC(=O)C(C)C)[n+]2[O-]. The molecular weight excluding hydrogens is 260 g/mol. The van der Waals surface area contributed by atoms with Gasteiger partial charge in [0.1, 0.15) is 5.75 Å². The molecule has 0 saturated carbocycles. The first kappa shape index (κ1) is 14.2. The molecule has 2 aromatic rings. The number of oxazole rings is 1. The monoisotopic (exact) mass is 278 g/mol. The van der Waals surface area contributed by atoms with Crippen molar-refractivity contribution in [2.75, 3.05) is 13.7 Å². The first-order chi connectivity index (χ1) is 9.52. The Labute approximate surface area is 116 Å². The molecule has 6 nitrogen and oxygen atoms in total. The van der Waals surface area contributed by atoms with Crippen LogP contribution in [0.3, 0.4) is 0 Å². The summed E-state index contributed by atoms with van der Waals surface area (Å²) in [6.45, 7) is 4.00. The number of ether oxygens (including phenoxy) is 1. The third-order valence-corrected chi connectivity index (χ3v) is 3.00. The van der Waals surface area contributed by atoms with E-state index in [1.54, 1.807) is 25.3 Å². The number of hydrogen-bond donors (Lipinski definition) is 1. The number of carbonyl (C=O) groups excluding carboxylic acids is 1. The van der Waals surface area contributed by atoms with Crippen molar-refractivity contribution in [2.24, 2.45) is 5.92 Å². The normalized spacial score (nSPS) is 11.0. The summed E-state index contributed by atoms with van der Waals surface area (Å²) in [5.41, 5.74) is 0.931. The summed E-state index contributed by atoms with van der Waals surface area (Å²) in [5.74, 6) is 0.790. The Morgan fingerprint density at radius 1 is 1.50 bits per heavy atom. The van der Waals surface area contributed by atoms with Crippen LogP contribution in [0.2, 0.25) is 0 Å². The molecule has 6 heteroatoms. The summed E-state index contributed by atoms with van der Waals surface area (Å²) < 4.78 is 11.3. The summed E-state index contributed by atoms with van der Waals surface area (Å²) in [4.78, 5) is 11.4. The van der Waals surface area contributed by atoms with Gasteiger partial charge in [-0.2, -0.15) is 0 Å². The van der Waals surface area contributed by atoms with E-state index in [1.807, 2.05) is 13.8 Å². The molecule has 0 spiro atoms. The maximum absolute atomic E-state index is 12.0. The molecule has 0 aliphatic heterocycles. The van der Waals surface area contributed by atoms with Gasteiger partial charge in [0.25, 0.3) is 5.52 Å². The predicted molar refractivity (Wildman–Crippen MR) is 73.3 cm³/mol. The van der Waals surface area contributed by atoms with Gasteiger partial charge in [0.05, 0.1) is 13.5 Å². The minimum Gasteiger partial charge on any atom is -0.616 e. The van der Waals surface area contributed by atoms with Gasteiger partial charge in [-0.05, 0) is 6.07 Å². The van der Waals surface area contributed by atoms with Gasteiger partial charge in [0.2, 0.25) is 11.5 Å². The number of methoxy groups -OCH3 is 1. The second-order valence-electron chi connectivity index (χ2n) is 4.82. The number of aromatic nitrogens is 1. The van der Waals surface area contributed by atoms with E-state index in [-0.39, 0.29) is 17.7 Å². The molecule has 0 unspecified atom stereocenters. The Kier molecular flexibility index (Phi) is 4.12. The second kappa shape index (κ2) is 5.81. The number of carbonyl (C=O) groups is 1. The fraction of sp³-hybridized carbons (Fsp3) is 0.429. The van der Waals surface area contributed by atoms with Crippen LogP contribution >= 0.6 is 0 Å². The highest BCUT2D eigenvalue weighted by Gasteiger charge is 2.18. The zero-order chi connectivity index (χ0) is 14.7. The van der Waals surface area contributed by atoms with Crippen molar-refractivity contribution in [2.45, 2.75) is 20.3 Å². The molecule has 108 valence electrons. The van der Waals surface area contributed by atoms with E-state index < -0.39 is 0 Å². The molecule has 0 radical (unpaired) electrons. The zero-order valence-corrected chi connectivity index (χ0v) is 11.8. The highest BCUT2D eigenvalue weighted by molar-refractivity contribution is 5.77. The predicted octanol–water partition coefficient (Wildman–Crippen LogP) is 1.39. The summed E-state index contributed by atoms with van der Waals surface area (Å²) in [6, 6.07) is 5.03. The lowest BCUT2D eigenvalue weighted by Crippen LogP contribution is -2.34. The van der Waals surface area contributed by atoms with Crippen molar-refractivity contribution in [3.63, 3.8) is 0 Å². The third kappa shape index (κ3) is 2.84. The van der Waals surface area contributed by atoms with Gasteiger partial charge in [-0.3, -0.25) is 4.79 Å². The van der Waals surface area contributed by atoms with E-state index in [9.17, 15) is 10.0 Å². The lowest BCUT2D eigenvalue weighted by atomic mass is 10.2. The minimum atomic E-state index is -0.0747. The van der Waals surface area contributed by atoms with Crippen molar-refractivity contribution in [3.8, 4) is 5.75 Å². The Hall–Kier alpha value is -2.24. The number of benzene rings is 1. The number of nitrogens with one attached hydrogen (secondary N) is 1. The molecule has 1 aromatic heterocycles. The van der Waals surface area contributed by atoms with Crippen molar-refractivity contribution < 1.29 is 18.7 Å². The molecular formula is C14H18N2O4. The molecule has 1 amide bonds. The average molecular weight is 278 g/mol. The first-order valence-corrected chi connectivity index (χ1v) is 6.49. The molecule has 2 rings (SSSR count). The molecule has 0 aliphatic rings. The van der Waals surface area contributed by atoms with Gasteiger partial charge in [0.15, 0.2) is 0 Å².